The Morgan fingerprint density at radius 2 is 1.69 bits per heavy atom. The van der Waals surface area contributed by atoms with Gasteiger partial charge in [-0.15, -0.1) is 0 Å². The topological polar surface area (TPSA) is 63.4 Å². The van der Waals surface area contributed by atoms with Crippen molar-refractivity contribution in [2.45, 2.75) is 26.8 Å². The van der Waals surface area contributed by atoms with Crippen LogP contribution in [0.25, 0.3) is 17.0 Å². The molecule has 1 aliphatic heterocycles. The fourth-order valence-electron chi connectivity index (χ4n) is 4.30. The van der Waals surface area contributed by atoms with Gasteiger partial charge in [0.25, 0.3) is 5.89 Å². The normalized spacial score (nSPS) is 15.8. The first-order valence-corrected chi connectivity index (χ1v) is 11.8. The van der Waals surface area contributed by atoms with Crippen LogP contribution in [0, 0.1) is 13.8 Å². The van der Waals surface area contributed by atoms with Gasteiger partial charge < -0.3 is 14.6 Å². The number of benzene rings is 3. The summed E-state index contributed by atoms with van der Waals surface area (Å²) in [6.45, 7) is 6.16. The molecule has 0 saturated heterocycles. The highest BCUT2D eigenvalue weighted by atomic mass is 32.1. The van der Waals surface area contributed by atoms with Gasteiger partial charge in [0.1, 0.15) is 5.75 Å². The zero-order chi connectivity index (χ0) is 24.5. The van der Waals surface area contributed by atoms with Crippen LogP contribution in [0.4, 0.5) is 5.69 Å². The summed E-state index contributed by atoms with van der Waals surface area (Å²) in [5, 5.41) is 8.40. The first-order chi connectivity index (χ1) is 16.9. The van der Waals surface area contributed by atoms with Gasteiger partial charge >= 0.3 is 0 Å². The van der Waals surface area contributed by atoms with E-state index in [1.54, 1.807) is 7.11 Å². The Balaban J connectivity index is 1.64. The van der Waals surface area contributed by atoms with E-state index >= 15 is 0 Å². The molecule has 176 valence electrons. The van der Waals surface area contributed by atoms with Gasteiger partial charge in [0, 0.05) is 16.9 Å². The summed E-state index contributed by atoms with van der Waals surface area (Å²) < 4.78 is 11.2. The molecule has 1 aliphatic rings. The maximum Gasteiger partial charge on any atom is 0.258 e. The van der Waals surface area contributed by atoms with Crippen LogP contribution in [0.15, 0.2) is 83.0 Å². The largest absolute Gasteiger partial charge is 0.497 e. The second kappa shape index (κ2) is 9.35. The molecule has 0 radical (unpaired) electrons. The third-order valence-corrected chi connectivity index (χ3v) is 6.46. The lowest BCUT2D eigenvalue weighted by Crippen LogP contribution is -2.46. The maximum atomic E-state index is 5.85. The molecule has 2 heterocycles. The van der Waals surface area contributed by atoms with Crippen molar-refractivity contribution in [1.82, 2.24) is 15.5 Å². The van der Waals surface area contributed by atoms with E-state index in [1.807, 2.05) is 72.5 Å². The first-order valence-electron chi connectivity index (χ1n) is 11.4. The second-order valence-electron chi connectivity index (χ2n) is 8.62. The fraction of sp³-hybridized carbons (Fsp3) is 0.179. The van der Waals surface area contributed by atoms with E-state index in [2.05, 4.69) is 36.5 Å². The molecule has 1 N–H and O–H groups in total. The molecule has 0 saturated carbocycles. The third kappa shape index (κ3) is 4.42. The maximum absolute atomic E-state index is 5.85. The zero-order valence-electron chi connectivity index (χ0n) is 20.1. The Morgan fingerprint density at radius 1 is 0.943 bits per heavy atom. The lowest BCUT2D eigenvalue weighted by Gasteiger charge is -2.37. The number of thiocarbonyl (C=S) groups is 1. The molecule has 1 unspecified atom stereocenters. The van der Waals surface area contributed by atoms with E-state index in [0.29, 0.717) is 16.8 Å². The van der Waals surface area contributed by atoms with E-state index in [4.69, 9.17) is 26.5 Å². The SMILES string of the molecule is COc1ccc(C2NC(=S)N(c3cccc(C)c3)C(C)=C2c2nc(-c3ccc(C)cc3)no2)cc1. The van der Waals surface area contributed by atoms with E-state index in [0.717, 1.165) is 39.4 Å². The van der Waals surface area contributed by atoms with Gasteiger partial charge in [-0.3, -0.25) is 4.90 Å². The van der Waals surface area contributed by atoms with Gasteiger partial charge in [-0.05, 0) is 68.4 Å². The first kappa shape index (κ1) is 22.8. The summed E-state index contributed by atoms with van der Waals surface area (Å²) in [6, 6.07) is 24.0. The summed E-state index contributed by atoms with van der Waals surface area (Å²) in [6.07, 6.45) is 0. The summed E-state index contributed by atoms with van der Waals surface area (Å²) in [4.78, 5) is 6.82. The predicted molar refractivity (Wildman–Crippen MR) is 142 cm³/mol. The molecular weight excluding hydrogens is 456 g/mol. The molecule has 5 rings (SSSR count). The van der Waals surface area contributed by atoms with Crippen molar-refractivity contribution in [2.75, 3.05) is 12.0 Å². The number of aryl methyl sites for hydroxylation is 2. The molecular formula is C28H26N4O2S. The van der Waals surface area contributed by atoms with E-state index in [9.17, 15) is 0 Å². The van der Waals surface area contributed by atoms with Gasteiger partial charge in [-0.2, -0.15) is 4.98 Å². The molecule has 1 aromatic heterocycles. The van der Waals surface area contributed by atoms with Crippen LogP contribution in [0.2, 0.25) is 0 Å². The minimum Gasteiger partial charge on any atom is -0.497 e. The Hall–Kier alpha value is -3.97. The lowest BCUT2D eigenvalue weighted by molar-refractivity contribution is 0.404. The van der Waals surface area contributed by atoms with Crippen LogP contribution in [-0.2, 0) is 0 Å². The van der Waals surface area contributed by atoms with Crippen LogP contribution in [0.5, 0.6) is 5.75 Å². The number of ether oxygens (including phenoxy) is 1. The fourth-order valence-corrected chi connectivity index (χ4v) is 4.66. The number of rotatable bonds is 5. The highest BCUT2D eigenvalue weighted by molar-refractivity contribution is 7.80. The monoisotopic (exact) mass is 482 g/mol. The number of hydrogen-bond donors (Lipinski definition) is 1. The molecule has 6 nitrogen and oxygen atoms in total. The minimum absolute atomic E-state index is 0.263. The lowest BCUT2D eigenvalue weighted by atomic mass is 9.94. The average molecular weight is 483 g/mol. The van der Waals surface area contributed by atoms with E-state index in [-0.39, 0.29) is 6.04 Å². The predicted octanol–water partition coefficient (Wildman–Crippen LogP) is 6.23. The molecule has 7 heteroatoms. The highest BCUT2D eigenvalue weighted by Gasteiger charge is 2.34. The summed E-state index contributed by atoms with van der Waals surface area (Å²) in [5.41, 5.74) is 7.02. The standard InChI is InChI=1S/C28H26N4O2S/c1-17-8-10-21(11-9-17)26-30-27(34-31-26)24-19(3)32(22-7-5-6-18(2)16-22)28(35)29-25(24)20-12-14-23(33-4)15-13-20/h5-16,25H,1-4H3,(H,29,35). The zero-order valence-corrected chi connectivity index (χ0v) is 20.9. The smallest absolute Gasteiger partial charge is 0.258 e. The molecule has 0 amide bonds. The van der Waals surface area contributed by atoms with Crippen molar-refractivity contribution in [3.63, 3.8) is 0 Å². The Labute approximate surface area is 210 Å². The number of anilines is 1. The number of allylic oxidation sites excluding steroid dienone is 1. The van der Waals surface area contributed by atoms with Crippen LogP contribution < -0.4 is 15.0 Å². The Kier molecular flexibility index (Phi) is 6.09. The number of hydrogen-bond acceptors (Lipinski definition) is 5. The molecule has 0 aliphatic carbocycles. The van der Waals surface area contributed by atoms with Crippen LogP contribution in [0.1, 0.15) is 35.5 Å². The molecule has 35 heavy (non-hydrogen) atoms. The second-order valence-corrected chi connectivity index (χ2v) is 9.01. The van der Waals surface area contributed by atoms with Gasteiger partial charge in [0.05, 0.1) is 18.7 Å². The van der Waals surface area contributed by atoms with Crippen molar-refractivity contribution >= 4 is 28.6 Å². The molecule has 3 aromatic carbocycles. The van der Waals surface area contributed by atoms with Crippen LogP contribution in [0.3, 0.4) is 0 Å². The van der Waals surface area contributed by atoms with Crippen molar-refractivity contribution in [3.05, 3.63) is 101 Å². The van der Waals surface area contributed by atoms with Gasteiger partial charge in [-0.25, -0.2) is 0 Å². The van der Waals surface area contributed by atoms with Gasteiger partial charge in [0.15, 0.2) is 5.11 Å². The summed E-state index contributed by atoms with van der Waals surface area (Å²) >= 11 is 5.84. The summed E-state index contributed by atoms with van der Waals surface area (Å²) in [5.74, 6) is 1.78. The van der Waals surface area contributed by atoms with Crippen molar-refractivity contribution in [1.29, 1.82) is 0 Å². The Morgan fingerprint density at radius 3 is 2.37 bits per heavy atom. The molecule has 0 bridgehead atoms. The molecule has 1 atom stereocenters. The highest BCUT2D eigenvalue weighted by Crippen LogP contribution is 2.39. The van der Waals surface area contributed by atoms with Gasteiger partial charge in [-0.1, -0.05) is 59.3 Å². The number of nitrogens with one attached hydrogen (secondary N) is 1. The molecule has 0 fully saturated rings. The summed E-state index contributed by atoms with van der Waals surface area (Å²) in [7, 11) is 1.66. The van der Waals surface area contributed by atoms with E-state index in [1.165, 1.54) is 5.56 Å². The van der Waals surface area contributed by atoms with Crippen LogP contribution in [-0.4, -0.2) is 22.4 Å². The van der Waals surface area contributed by atoms with Crippen molar-refractivity contribution in [2.24, 2.45) is 0 Å². The average Bonchev–Trinajstić information content (AvgIpc) is 3.34. The Bertz CT molecular complexity index is 1410. The van der Waals surface area contributed by atoms with E-state index < -0.39 is 0 Å². The molecule has 4 aromatic rings. The van der Waals surface area contributed by atoms with Gasteiger partial charge in [0.2, 0.25) is 5.82 Å². The minimum atomic E-state index is -0.263. The quantitative estimate of drug-likeness (QED) is 0.338. The molecule has 0 spiro atoms. The third-order valence-electron chi connectivity index (χ3n) is 6.16. The number of aromatic nitrogens is 2. The number of methoxy groups -OCH3 is 1. The van der Waals surface area contributed by atoms with Crippen molar-refractivity contribution in [3.8, 4) is 17.1 Å². The van der Waals surface area contributed by atoms with Crippen LogP contribution >= 0.6 is 12.2 Å². The van der Waals surface area contributed by atoms with Crippen molar-refractivity contribution < 1.29 is 9.26 Å². The number of nitrogens with zero attached hydrogens (tertiary/aromatic N) is 3.